The highest BCUT2D eigenvalue weighted by Crippen LogP contribution is 2.53. The minimum atomic E-state index is -0.958. The van der Waals surface area contributed by atoms with Crippen molar-refractivity contribution < 1.29 is 24.2 Å². The fourth-order valence-electron chi connectivity index (χ4n) is 6.30. The van der Waals surface area contributed by atoms with Gasteiger partial charge in [0.05, 0.1) is 18.2 Å². The molecule has 1 N–H and O–H groups in total. The first-order valence-corrected chi connectivity index (χ1v) is 13.7. The molecule has 0 bridgehead atoms. The predicted molar refractivity (Wildman–Crippen MR) is 140 cm³/mol. The van der Waals surface area contributed by atoms with Crippen LogP contribution in [0.4, 0.5) is 10.5 Å². The number of anilines is 1. The van der Waals surface area contributed by atoms with E-state index >= 15 is 0 Å². The van der Waals surface area contributed by atoms with Crippen molar-refractivity contribution >= 4 is 23.7 Å². The lowest BCUT2D eigenvalue weighted by Crippen LogP contribution is -2.53. The molecule has 5 rings (SSSR count). The standard InChI is InChI=1S/C30H36N2O5/c1-2-9-26(20-10-4-3-5-11-20)37-30(36)32-24-14-7-6-12-22(24)29(23-13-8-15-25(23)32)31(21-16-17-21)27(33)18-19-28(34)35/h3-7,10-12,14,21,23,25-26,29H,2,8-9,13,15-19H2,1H3,(H,34,35)/t23?,25?,26-,29?/m0/s1. The molecule has 7 nitrogen and oxygen atoms in total. The summed E-state index contributed by atoms with van der Waals surface area (Å²) in [5, 5.41) is 9.18. The third-order valence-corrected chi connectivity index (χ3v) is 8.03. The molecule has 2 fully saturated rings. The van der Waals surface area contributed by atoms with E-state index in [1.165, 1.54) is 0 Å². The summed E-state index contributed by atoms with van der Waals surface area (Å²) >= 11 is 0. The number of aliphatic carboxylic acids is 1. The van der Waals surface area contributed by atoms with E-state index in [0.29, 0.717) is 0 Å². The number of benzene rings is 2. The van der Waals surface area contributed by atoms with E-state index in [2.05, 4.69) is 6.92 Å². The van der Waals surface area contributed by atoms with Crippen LogP contribution in [-0.4, -0.2) is 40.1 Å². The number of nitrogens with zero attached hydrogens (tertiary/aromatic N) is 2. The van der Waals surface area contributed by atoms with Crippen molar-refractivity contribution in [1.82, 2.24) is 4.90 Å². The Kier molecular flexibility index (Phi) is 7.49. The van der Waals surface area contributed by atoms with E-state index in [1.807, 2.05) is 64.4 Å². The smallest absolute Gasteiger partial charge is 0.415 e. The molecule has 0 saturated heterocycles. The molecule has 3 aliphatic rings. The van der Waals surface area contributed by atoms with Crippen molar-refractivity contribution in [3.8, 4) is 0 Å². The van der Waals surface area contributed by atoms with Gasteiger partial charge >= 0.3 is 12.1 Å². The van der Waals surface area contributed by atoms with Crippen LogP contribution in [0.15, 0.2) is 54.6 Å². The Morgan fingerprint density at radius 1 is 1.00 bits per heavy atom. The van der Waals surface area contributed by atoms with Gasteiger partial charge in [0.1, 0.15) is 6.10 Å². The molecule has 2 saturated carbocycles. The Morgan fingerprint density at radius 3 is 2.43 bits per heavy atom. The molecule has 1 heterocycles. The molecule has 2 aromatic carbocycles. The maximum Gasteiger partial charge on any atom is 0.415 e. The lowest BCUT2D eigenvalue weighted by Gasteiger charge is -2.47. The van der Waals surface area contributed by atoms with Gasteiger partial charge in [0, 0.05) is 24.4 Å². The van der Waals surface area contributed by atoms with Crippen molar-refractivity contribution in [2.75, 3.05) is 4.90 Å². The monoisotopic (exact) mass is 504 g/mol. The average Bonchev–Trinajstić information content (AvgIpc) is 3.62. The molecule has 37 heavy (non-hydrogen) atoms. The summed E-state index contributed by atoms with van der Waals surface area (Å²) in [4.78, 5) is 42.2. The third kappa shape index (κ3) is 5.22. The topological polar surface area (TPSA) is 87.2 Å². The second-order valence-corrected chi connectivity index (χ2v) is 10.5. The highest BCUT2D eigenvalue weighted by Gasteiger charge is 2.51. The highest BCUT2D eigenvalue weighted by atomic mass is 16.6. The number of para-hydroxylation sites is 1. The lowest BCUT2D eigenvalue weighted by molar-refractivity contribution is -0.142. The van der Waals surface area contributed by atoms with E-state index < -0.39 is 5.97 Å². The number of carboxylic acids is 1. The molecule has 2 amide bonds. The maximum atomic E-state index is 13.9. The van der Waals surface area contributed by atoms with E-state index in [-0.39, 0.29) is 55.0 Å². The number of hydrogen-bond donors (Lipinski definition) is 1. The molecule has 7 heteroatoms. The van der Waals surface area contributed by atoms with Gasteiger partial charge in [-0.2, -0.15) is 0 Å². The van der Waals surface area contributed by atoms with Crippen molar-refractivity contribution in [3.63, 3.8) is 0 Å². The summed E-state index contributed by atoms with van der Waals surface area (Å²) in [7, 11) is 0. The Bertz CT molecular complexity index is 1130. The fourth-order valence-corrected chi connectivity index (χ4v) is 6.30. The number of hydrogen-bond acceptors (Lipinski definition) is 4. The molecule has 2 aliphatic carbocycles. The first-order valence-electron chi connectivity index (χ1n) is 13.7. The zero-order valence-corrected chi connectivity index (χ0v) is 21.4. The van der Waals surface area contributed by atoms with Gasteiger partial charge in [-0.05, 0) is 49.3 Å². The lowest BCUT2D eigenvalue weighted by atomic mass is 9.81. The fraction of sp³-hybridized carbons (Fsp3) is 0.500. The van der Waals surface area contributed by atoms with Crippen LogP contribution in [0.3, 0.4) is 0 Å². The Morgan fingerprint density at radius 2 is 1.73 bits per heavy atom. The number of ether oxygens (including phenoxy) is 1. The summed E-state index contributed by atoms with van der Waals surface area (Å²) < 4.78 is 6.19. The molecular formula is C30H36N2O5. The third-order valence-electron chi connectivity index (χ3n) is 8.03. The van der Waals surface area contributed by atoms with Gasteiger partial charge in [-0.15, -0.1) is 0 Å². The molecular weight excluding hydrogens is 468 g/mol. The zero-order valence-electron chi connectivity index (χ0n) is 21.4. The molecule has 0 spiro atoms. The number of amides is 2. The summed E-state index contributed by atoms with van der Waals surface area (Å²) in [6, 6.07) is 17.7. The molecule has 2 aromatic rings. The van der Waals surface area contributed by atoms with E-state index in [1.54, 1.807) is 0 Å². The number of carbonyl (C=O) groups excluding carboxylic acids is 2. The average molecular weight is 505 g/mol. The summed E-state index contributed by atoms with van der Waals surface area (Å²) in [5.74, 6) is -0.961. The summed E-state index contributed by atoms with van der Waals surface area (Å²) in [6.07, 6.45) is 5.46. The molecule has 4 atom stereocenters. The van der Waals surface area contributed by atoms with E-state index in [0.717, 1.165) is 61.8 Å². The molecule has 0 radical (unpaired) electrons. The molecule has 3 unspecified atom stereocenters. The first-order chi connectivity index (χ1) is 18.0. The Balaban J connectivity index is 1.48. The van der Waals surface area contributed by atoms with Crippen LogP contribution < -0.4 is 4.90 Å². The van der Waals surface area contributed by atoms with Gasteiger partial charge in [0.25, 0.3) is 0 Å². The van der Waals surface area contributed by atoms with Crippen LogP contribution in [-0.2, 0) is 14.3 Å². The van der Waals surface area contributed by atoms with Crippen LogP contribution in [0.1, 0.15) is 88.0 Å². The predicted octanol–water partition coefficient (Wildman–Crippen LogP) is 6.25. The summed E-state index contributed by atoms with van der Waals surface area (Å²) in [6.45, 7) is 2.09. The largest absolute Gasteiger partial charge is 0.481 e. The maximum absolute atomic E-state index is 13.9. The van der Waals surface area contributed by atoms with Gasteiger partial charge in [-0.25, -0.2) is 4.79 Å². The van der Waals surface area contributed by atoms with Gasteiger partial charge in [0.15, 0.2) is 0 Å². The number of fused-ring (bicyclic) bond motifs is 2. The number of carbonyl (C=O) groups is 3. The van der Waals surface area contributed by atoms with Crippen molar-refractivity contribution in [2.45, 2.75) is 88.9 Å². The SMILES string of the molecule is CCC[C@H](OC(=O)N1c2ccccc2C(N(C(=O)CCC(=O)O)C2CC2)C2CCCC21)c1ccccc1. The minimum absolute atomic E-state index is 0.00339. The van der Waals surface area contributed by atoms with Crippen molar-refractivity contribution in [2.24, 2.45) is 5.92 Å². The normalized spacial score (nSPS) is 23.1. The van der Waals surface area contributed by atoms with Gasteiger partial charge in [0.2, 0.25) is 5.91 Å². The zero-order chi connectivity index (χ0) is 25.9. The van der Waals surface area contributed by atoms with Crippen LogP contribution >= 0.6 is 0 Å². The summed E-state index contributed by atoms with van der Waals surface area (Å²) in [5.41, 5.74) is 2.76. The first kappa shape index (κ1) is 25.3. The molecule has 1 aliphatic heterocycles. The van der Waals surface area contributed by atoms with Crippen molar-refractivity contribution in [1.29, 1.82) is 0 Å². The highest BCUT2D eigenvalue weighted by molar-refractivity contribution is 5.91. The van der Waals surface area contributed by atoms with E-state index in [9.17, 15) is 19.5 Å². The Labute approximate surface area is 218 Å². The minimum Gasteiger partial charge on any atom is -0.481 e. The van der Waals surface area contributed by atoms with Crippen LogP contribution in [0, 0.1) is 5.92 Å². The molecule has 0 aromatic heterocycles. The molecule has 196 valence electrons. The van der Waals surface area contributed by atoms with Gasteiger partial charge < -0.3 is 14.7 Å². The van der Waals surface area contributed by atoms with E-state index in [4.69, 9.17) is 4.74 Å². The second kappa shape index (κ2) is 11.0. The van der Waals surface area contributed by atoms with Gasteiger partial charge in [-0.1, -0.05) is 68.3 Å². The number of carboxylic acid groups (broad SMARTS) is 1. The number of rotatable bonds is 9. The Hall–Kier alpha value is -3.35. The van der Waals surface area contributed by atoms with Crippen molar-refractivity contribution in [3.05, 3.63) is 65.7 Å². The second-order valence-electron chi connectivity index (χ2n) is 10.5. The van der Waals surface area contributed by atoms with Crippen LogP contribution in [0.25, 0.3) is 0 Å². The van der Waals surface area contributed by atoms with Crippen LogP contribution in [0.2, 0.25) is 0 Å². The van der Waals surface area contributed by atoms with Crippen LogP contribution in [0.5, 0.6) is 0 Å². The van der Waals surface area contributed by atoms with Gasteiger partial charge in [-0.3, -0.25) is 14.5 Å². The quantitative estimate of drug-likeness (QED) is 0.436.